The standard InChI is InChI=1S/C27H28Cl2N2O2/c1-3-30-27(33)25(16-20-10-5-4-6-11-20)31(18-21-12-7-9-19(2)15-21)26(32)17-22-23(28)13-8-14-24(22)29/h4-15,25H,3,16-18H2,1-2H3,(H,30,33). The maximum atomic E-state index is 13.7. The highest BCUT2D eigenvalue weighted by molar-refractivity contribution is 6.36. The number of hydrogen-bond acceptors (Lipinski definition) is 2. The van der Waals surface area contributed by atoms with Crippen molar-refractivity contribution in [2.45, 2.75) is 39.3 Å². The first kappa shape index (κ1) is 24.8. The fraction of sp³-hybridized carbons (Fsp3) is 0.259. The summed E-state index contributed by atoms with van der Waals surface area (Å²) in [5.41, 5.74) is 3.59. The van der Waals surface area contributed by atoms with Crippen molar-refractivity contribution in [3.05, 3.63) is 105 Å². The van der Waals surface area contributed by atoms with E-state index in [1.54, 1.807) is 23.1 Å². The highest BCUT2D eigenvalue weighted by Crippen LogP contribution is 2.26. The Morgan fingerprint density at radius 3 is 2.18 bits per heavy atom. The molecule has 0 bridgehead atoms. The van der Waals surface area contributed by atoms with Crippen molar-refractivity contribution in [3.63, 3.8) is 0 Å². The van der Waals surface area contributed by atoms with E-state index in [0.29, 0.717) is 35.1 Å². The zero-order chi connectivity index (χ0) is 23.8. The zero-order valence-electron chi connectivity index (χ0n) is 18.9. The molecule has 0 heterocycles. The Hall–Kier alpha value is -2.82. The fourth-order valence-electron chi connectivity index (χ4n) is 3.81. The summed E-state index contributed by atoms with van der Waals surface area (Å²) in [7, 11) is 0. The van der Waals surface area contributed by atoms with Crippen LogP contribution in [0.25, 0.3) is 0 Å². The van der Waals surface area contributed by atoms with Crippen LogP contribution >= 0.6 is 23.2 Å². The number of benzene rings is 3. The fourth-order valence-corrected chi connectivity index (χ4v) is 4.34. The SMILES string of the molecule is CCNC(=O)C(Cc1ccccc1)N(Cc1cccc(C)c1)C(=O)Cc1c(Cl)cccc1Cl. The lowest BCUT2D eigenvalue weighted by molar-refractivity contribution is -0.140. The Bertz CT molecular complexity index is 1080. The Morgan fingerprint density at radius 1 is 0.909 bits per heavy atom. The summed E-state index contributed by atoms with van der Waals surface area (Å²) in [5, 5.41) is 3.77. The van der Waals surface area contributed by atoms with Gasteiger partial charge < -0.3 is 10.2 Å². The summed E-state index contributed by atoms with van der Waals surface area (Å²) in [5.74, 6) is -0.397. The van der Waals surface area contributed by atoms with Crippen molar-refractivity contribution in [1.82, 2.24) is 10.2 Å². The summed E-state index contributed by atoms with van der Waals surface area (Å²) >= 11 is 12.7. The summed E-state index contributed by atoms with van der Waals surface area (Å²) in [6.07, 6.45) is 0.412. The van der Waals surface area contributed by atoms with Gasteiger partial charge in [0.2, 0.25) is 11.8 Å². The maximum Gasteiger partial charge on any atom is 0.243 e. The molecule has 6 heteroatoms. The molecule has 0 fully saturated rings. The molecule has 0 aliphatic rings. The van der Waals surface area contributed by atoms with Crippen molar-refractivity contribution in [3.8, 4) is 0 Å². The molecule has 172 valence electrons. The predicted octanol–water partition coefficient (Wildman–Crippen LogP) is 5.62. The molecule has 1 unspecified atom stereocenters. The first-order valence-corrected chi connectivity index (χ1v) is 11.7. The topological polar surface area (TPSA) is 49.4 Å². The maximum absolute atomic E-state index is 13.7. The molecule has 0 radical (unpaired) electrons. The monoisotopic (exact) mass is 482 g/mol. The second kappa shape index (κ2) is 11.9. The van der Waals surface area contributed by atoms with Crippen molar-refractivity contribution < 1.29 is 9.59 Å². The van der Waals surface area contributed by atoms with Gasteiger partial charge in [0.25, 0.3) is 0 Å². The lowest BCUT2D eigenvalue weighted by atomic mass is 10.0. The van der Waals surface area contributed by atoms with Crippen LogP contribution in [0.3, 0.4) is 0 Å². The Labute approximate surface area is 205 Å². The van der Waals surface area contributed by atoms with Crippen molar-refractivity contribution in [1.29, 1.82) is 0 Å². The van der Waals surface area contributed by atoms with E-state index in [9.17, 15) is 9.59 Å². The van der Waals surface area contributed by atoms with E-state index in [4.69, 9.17) is 23.2 Å². The quantitative estimate of drug-likeness (QED) is 0.430. The Balaban J connectivity index is 1.99. The van der Waals surface area contributed by atoms with Gasteiger partial charge in [-0.1, -0.05) is 89.4 Å². The molecule has 4 nitrogen and oxygen atoms in total. The molecule has 0 aliphatic heterocycles. The molecule has 0 saturated carbocycles. The number of amides is 2. The number of nitrogens with one attached hydrogen (secondary N) is 1. The minimum atomic E-state index is -0.679. The third-order valence-corrected chi connectivity index (χ3v) is 6.16. The highest BCUT2D eigenvalue weighted by Gasteiger charge is 2.30. The van der Waals surface area contributed by atoms with Crippen LogP contribution in [-0.2, 0) is 29.0 Å². The largest absolute Gasteiger partial charge is 0.355 e. The van der Waals surface area contributed by atoms with Crippen molar-refractivity contribution >= 4 is 35.0 Å². The first-order chi connectivity index (χ1) is 15.9. The van der Waals surface area contributed by atoms with E-state index >= 15 is 0 Å². The van der Waals surface area contributed by atoms with E-state index < -0.39 is 6.04 Å². The van der Waals surface area contributed by atoms with Crippen LogP contribution in [0.1, 0.15) is 29.2 Å². The van der Waals surface area contributed by atoms with Crippen LogP contribution in [-0.4, -0.2) is 29.3 Å². The van der Waals surface area contributed by atoms with Crippen LogP contribution in [0.15, 0.2) is 72.8 Å². The van der Waals surface area contributed by atoms with Crippen molar-refractivity contribution in [2.24, 2.45) is 0 Å². The average Bonchev–Trinajstić information content (AvgIpc) is 2.79. The number of carbonyl (C=O) groups is 2. The lowest BCUT2D eigenvalue weighted by Crippen LogP contribution is -2.51. The molecular formula is C27H28Cl2N2O2. The molecule has 1 N–H and O–H groups in total. The molecule has 0 aromatic heterocycles. The number of rotatable bonds is 9. The molecule has 3 aromatic carbocycles. The van der Waals surface area contributed by atoms with Gasteiger partial charge >= 0.3 is 0 Å². The number of halogens is 2. The van der Waals surface area contributed by atoms with E-state index in [-0.39, 0.29) is 18.2 Å². The smallest absolute Gasteiger partial charge is 0.243 e. The van der Waals surface area contributed by atoms with Gasteiger partial charge in [-0.25, -0.2) is 0 Å². The Kier molecular flexibility index (Phi) is 8.93. The molecule has 0 aliphatic carbocycles. The average molecular weight is 483 g/mol. The number of hydrogen-bond donors (Lipinski definition) is 1. The van der Waals surface area contributed by atoms with E-state index in [1.807, 2.05) is 68.4 Å². The van der Waals surface area contributed by atoms with Crippen LogP contribution < -0.4 is 5.32 Å². The van der Waals surface area contributed by atoms with Crippen LogP contribution in [0.5, 0.6) is 0 Å². The second-order valence-corrected chi connectivity index (χ2v) is 8.80. The van der Waals surface area contributed by atoms with Gasteiger partial charge in [-0.2, -0.15) is 0 Å². The van der Waals surface area contributed by atoms with Gasteiger partial charge in [0.05, 0.1) is 6.42 Å². The van der Waals surface area contributed by atoms with Gasteiger partial charge in [-0.05, 0) is 42.7 Å². The summed E-state index contributed by atoms with van der Waals surface area (Å²) in [4.78, 5) is 28.5. The lowest BCUT2D eigenvalue weighted by Gasteiger charge is -2.32. The molecule has 0 spiro atoms. The van der Waals surface area contributed by atoms with Crippen LogP contribution in [0.4, 0.5) is 0 Å². The van der Waals surface area contributed by atoms with Gasteiger partial charge in [0.15, 0.2) is 0 Å². The highest BCUT2D eigenvalue weighted by atomic mass is 35.5. The minimum Gasteiger partial charge on any atom is -0.355 e. The van der Waals surface area contributed by atoms with Gasteiger partial charge in [-0.15, -0.1) is 0 Å². The summed E-state index contributed by atoms with van der Waals surface area (Å²) in [6, 6.07) is 22.2. The Morgan fingerprint density at radius 2 is 1.55 bits per heavy atom. The normalized spacial score (nSPS) is 11.6. The number of nitrogens with zero attached hydrogens (tertiary/aromatic N) is 1. The van der Waals surface area contributed by atoms with Crippen LogP contribution in [0, 0.1) is 6.92 Å². The molecule has 1 atom stereocenters. The van der Waals surface area contributed by atoms with Crippen molar-refractivity contribution in [2.75, 3.05) is 6.54 Å². The van der Waals surface area contributed by atoms with Gasteiger partial charge in [0.1, 0.15) is 6.04 Å². The van der Waals surface area contributed by atoms with Gasteiger partial charge in [0, 0.05) is 29.6 Å². The van der Waals surface area contributed by atoms with Gasteiger partial charge in [-0.3, -0.25) is 9.59 Å². The second-order valence-electron chi connectivity index (χ2n) is 7.99. The number of carbonyl (C=O) groups excluding carboxylic acids is 2. The van der Waals surface area contributed by atoms with E-state index in [1.165, 1.54) is 0 Å². The minimum absolute atomic E-state index is 0.00895. The number of likely N-dealkylation sites (N-methyl/N-ethyl adjacent to an activating group) is 1. The van der Waals surface area contributed by atoms with E-state index in [0.717, 1.165) is 16.7 Å². The zero-order valence-corrected chi connectivity index (χ0v) is 20.4. The molecular weight excluding hydrogens is 455 g/mol. The first-order valence-electron chi connectivity index (χ1n) is 11.0. The number of aryl methyl sites for hydroxylation is 1. The molecule has 3 rings (SSSR count). The molecule has 33 heavy (non-hydrogen) atoms. The molecule has 3 aromatic rings. The summed E-state index contributed by atoms with van der Waals surface area (Å²) in [6.45, 7) is 4.66. The molecule has 2 amide bonds. The third-order valence-electron chi connectivity index (χ3n) is 5.45. The third kappa shape index (κ3) is 6.83. The molecule has 0 saturated heterocycles. The summed E-state index contributed by atoms with van der Waals surface area (Å²) < 4.78 is 0. The van der Waals surface area contributed by atoms with Crippen LogP contribution in [0.2, 0.25) is 10.0 Å². The predicted molar refractivity (Wildman–Crippen MR) is 135 cm³/mol. The van der Waals surface area contributed by atoms with E-state index in [2.05, 4.69) is 5.32 Å².